The van der Waals surface area contributed by atoms with Crippen molar-refractivity contribution in [1.82, 2.24) is 0 Å². The van der Waals surface area contributed by atoms with Crippen molar-refractivity contribution in [3.05, 3.63) is 91.0 Å². The molecule has 3 aromatic carbocycles. The summed E-state index contributed by atoms with van der Waals surface area (Å²) >= 11 is 0. The van der Waals surface area contributed by atoms with Crippen LogP contribution in [0.5, 0.6) is 0 Å². The van der Waals surface area contributed by atoms with Crippen molar-refractivity contribution in [2.75, 3.05) is 0 Å². The van der Waals surface area contributed by atoms with Crippen LogP contribution in [0.1, 0.15) is 0 Å². The molecule has 3 aromatic rings. The summed E-state index contributed by atoms with van der Waals surface area (Å²) in [6, 6.07) is 34.6. The quantitative estimate of drug-likeness (QED) is 0.537. The van der Waals surface area contributed by atoms with Gasteiger partial charge in [0.25, 0.3) is 0 Å². The Hall–Kier alpha value is -2.63. The Balaban J connectivity index is 2.32. The number of nitrogens with zero attached hydrogens (tertiary/aromatic N) is 1. The molecule has 0 spiro atoms. The van der Waals surface area contributed by atoms with Crippen LogP contribution in [-0.4, -0.2) is 8.07 Å². The molecule has 0 aromatic heterocycles. The molecule has 0 saturated heterocycles. The van der Waals surface area contributed by atoms with E-state index >= 15 is 0 Å². The molecule has 22 heavy (non-hydrogen) atoms. The first-order valence-corrected chi connectivity index (χ1v) is 9.62. The Bertz CT molecular complexity index is 664. The van der Waals surface area contributed by atoms with E-state index in [9.17, 15) is 5.26 Å². The summed E-state index contributed by atoms with van der Waals surface area (Å²) in [5, 5.41) is 13.4. The smallest absolute Gasteiger partial charge is 0.162 e. The molecule has 3 rings (SSSR count). The molecule has 0 fully saturated rings. The van der Waals surface area contributed by atoms with E-state index in [1.165, 1.54) is 15.6 Å². The van der Waals surface area contributed by atoms with Gasteiger partial charge in [0.05, 0.1) is 6.07 Å². The van der Waals surface area contributed by atoms with Crippen LogP contribution < -0.4 is 15.6 Å². The number of benzene rings is 3. The van der Waals surface area contributed by atoms with Gasteiger partial charge in [-0.25, -0.2) is 0 Å². The number of nitriles is 1. The SMILES string of the molecule is N#CC[Si](c1ccccc1)(c1ccccc1)c1ccccc1. The molecule has 0 amide bonds. The minimum absolute atomic E-state index is 0.547. The number of rotatable bonds is 4. The normalized spacial score (nSPS) is 10.9. The fraction of sp³-hybridized carbons (Fsp3) is 0.0500. The second-order valence-corrected chi connectivity index (χ2v) is 9.23. The van der Waals surface area contributed by atoms with Crippen LogP contribution in [0, 0.1) is 11.3 Å². The van der Waals surface area contributed by atoms with Crippen LogP contribution >= 0.6 is 0 Å². The molecule has 0 bridgehead atoms. The van der Waals surface area contributed by atoms with Crippen molar-refractivity contribution in [2.45, 2.75) is 6.04 Å². The lowest BCUT2D eigenvalue weighted by atomic mass is 10.3. The third kappa shape index (κ3) is 2.47. The van der Waals surface area contributed by atoms with Gasteiger partial charge in [0, 0.05) is 6.04 Å². The van der Waals surface area contributed by atoms with Gasteiger partial charge < -0.3 is 0 Å². The first kappa shape index (κ1) is 14.3. The van der Waals surface area contributed by atoms with Gasteiger partial charge in [0.2, 0.25) is 0 Å². The summed E-state index contributed by atoms with van der Waals surface area (Å²) in [4.78, 5) is 0. The van der Waals surface area contributed by atoms with E-state index in [4.69, 9.17) is 0 Å². The van der Waals surface area contributed by atoms with Gasteiger partial charge in [0.1, 0.15) is 0 Å². The molecule has 0 aliphatic carbocycles. The molecule has 0 radical (unpaired) electrons. The van der Waals surface area contributed by atoms with Crippen LogP contribution in [0.15, 0.2) is 91.0 Å². The van der Waals surface area contributed by atoms with Crippen LogP contribution in [0.4, 0.5) is 0 Å². The van der Waals surface area contributed by atoms with Crippen LogP contribution in [0.25, 0.3) is 0 Å². The lowest BCUT2D eigenvalue weighted by Crippen LogP contribution is -2.66. The zero-order valence-corrected chi connectivity index (χ0v) is 13.3. The van der Waals surface area contributed by atoms with Crippen molar-refractivity contribution in [3.8, 4) is 6.07 Å². The van der Waals surface area contributed by atoms with E-state index < -0.39 is 8.07 Å². The monoisotopic (exact) mass is 299 g/mol. The average molecular weight is 299 g/mol. The molecule has 0 aliphatic heterocycles. The zero-order chi connectivity index (χ0) is 15.3. The molecule has 0 N–H and O–H groups in total. The highest BCUT2D eigenvalue weighted by Gasteiger charge is 2.38. The van der Waals surface area contributed by atoms with Gasteiger partial charge in [-0.15, -0.1) is 0 Å². The highest BCUT2D eigenvalue weighted by atomic mass is 28.3. The van der Waals surface area contributed by atoms with E-state index in [1.807, 2.05) is 18.2 Å². The number of hydrogen-bond donors (Lipinski definition) is 0. The fourth-order valence-corrected chi connectivity index (χ4v) is 7.23. The molecule has 1 nitrogen and oxygen atoms in total. The lowest BCUT2D eigenvalue weighted by Gasteiger charge is -2.31. The Labute approximate surface area is 132 Å². The van der Waals surface area contributed by atoms with Crippen LogP contribution in [-0.2, 0) is 0 Å². The Morgan fingerprint density at radius 2 is 0.909 bits per heavy atom. The van der Waals surface area contributed by atoms with E-state index in [0.717, 1.165) is 0 Å². The summed E-state index contributed by atoms with van der Waals surface area (Å²) < 4.78 is 0. The molecular weight excluding hydrogens is 282 g/mol. The summed E-state index contributed by atoms with van der Waals surface area (Å²) in [7, 11) is -2.28. The van der Waals surface area contributed by atoms with Crippen molar-refractivity contribution >= 4 is 23.6 Å². The predicted octanol–water partition coefficient (Wildman–Crippen LogP) is 2.68. The third-order valence-corrected chi connectivity index (χ3v) is 8.79. The largest absolute Gasteiger partial charge is 0.199 e. The lowest BCUT2D eigenvalue weighted by molar-refractivity contribution is 1.45. The predicted molar refractivity (Wildman–Crippen MR) is 94.4 cm³/mol. The van der Waals surface area contributed by atoms with E-state index in [1.54, 1.807) is 0 Å². The molecule has 0 aliphatic rings. The highest BCUT2D eigenvalue weighted by Crippen LogP contribution is 2.12. The second-order valence-electron chi connectivity index (χ2n) is 5.34. The van der Waals surface area contributed by atoms with E-state index in [-0.39, 0.29) is 0 Å². The third-order valence-electron chi connectivity index (χ3n) is 4.14. The van der Waals surface area contributed by atoms with Gasteiger partial charge >= 0.3 is 0 Å². The van der Waals surface area contributed by atoms with Gasteiger partial charge in [-0.1, -0.05) is 91.0 Å². The molecule has 0 saturated carbocycles. The summed E-state index contributed by atoms with van der Waals surface area (Å²) in [5.74, 6) is 0. The van der Waals surface area contributed by atoms with Crippen molar-refractivity contribution in [2.24, 2.45) is 0 Å². The maximum atomic E-state index is 9.57. The minimum atomic E-state index is -2.28. The fourth-order valence-electron chi connectivity index (χ4n) is 3.09. The summed E-state index contributed by atoms with van der Waals surface area (Å²) in [6.07, 6.45) is 0. The standard InChI is InChI=1S/C20H17NSi/c21-16-17-22(18-10-4-1-5-11-18,19-12-6-2-7-13-19)20-14-8-3-9-15-20/h1-15H,17H2. The topological polar surface area (TPSA) is 23.8 Å². The molecule has 2 heteroatoms. The van der Waals surface area contributed by atoms with Gasteiger partial charge in [-0.2, -0.15) is 5.26 Å². The summed E-state index contributed by atoms with van der Waals surface area (Å²) in [5.41, 5.74) is 0. The average Bonchev–Trinajstić information content (AvgIpc) is 2.62. The minimum Gasteiger partial charge on any atom is -0.199 e. The van der Waals surface area contributed by atoms with Crippen molar-refractivity contribution < 1.29 is 0 Å². The molecule has 0 heterocycles. The molecule has 106 valence electrons. The Morgan fingerprint density at radius 3 is 1.18 bits per heavy atom. The highest BCUT2D eigenvalue weighted by molar-refractivity contribution is 7.11. The van der Waals surface area contributed by atoms with Crippen molar-refractivity contribution in [3.63, 3.8) is 0 Å². The second kappa shape index (κ2) is 6.42. The van der Waals surface area contributed by atoms with Gasteiger partial charge in [-0.05, 0) is 15.6 Å². The van der Waals surface area contributed by atoms with Crippen LogP contribution in [0.3, 0.4) is 0 Å². The molecular formula is C20H17NSi. The van der Waals surface area contributed by atoms with E-state index in [2.05, 4.69) is 78.9 Å². The molecule has 0 unspecified atom stereocenters. The molecule has 0 atom stereocenters. The maximum Gasteiger partial charge on any atom is 0.162 e. The number of hydrogen-bond acceptors (Lipinski definition) is 1. The summed E-state index contributed by atoms with van der Waals surface area (Å²) in [6.45, 7) is 0. The van der Waals surface area contributed by atoms with Crippen LogP contribution in [0.2, 0.25) is 6.04 Å². The van der Waals surface area contributed by atoms with Crippen molar-refractivity contribution in [1.29, 1.82) is 5.26 Å². The van der Waals surface area contributed by atoms with Gasteiger partial charge in [-0.3, -0.25) is 0 Å². The first-order chi connectivity index (χ1) is 10.9. The first-order valence-electron chi connectivity index (χ1n) is 7.41. The Kier molecular flexibility index (Phi) is 4.18. The Morgan fingerprint density at radius 1 is 0.591 bits per heavy atom. The maximum absolute atomic E-state index is 9.57. The zero-order valence-electron chi connectivity index (χ0n) is 12.3. The van der Waals surface area contributed by atoms with Gasteiger partial charge in [0.15, 0.2) is 8.07 Å². The van der Waals surface area contributed by atoms with E-state index in [0.29, 0.717) is 6.04 Å².